The minimum Gasteiger partial charge on any atom is -0.480 e. The normalized spacial score (nSPS) is 19.0. The van der Waals surface area contributed by atoms with Crippen molar-refractivity contribution in [2.75, 3.05) is 78.3 Å². The van der Waals surface area contributed by atoms with Gasteiger partial charge in [0.15, 0.2) is 0 Å². The molecular weight excluding hydrogens is 629 g/mol. The predicted molar refractivity (Wildman–Crippen MR) is 182 cm³/mol. The van der Waals surface area contributed by atoms with Gasteiger partial charge in [-0.2, -0.15) is 0 Å². The van der Waals surface area contributed by atoms with Crippen molar-refractivity contribution in [1.82, 2.24) is 19.6 Å². The number of nitrogens with two attached hydrogens (primary N) is 1. The number of carboxylic acids is 1. The Hall–Kier alpha value is -1.64. The van der Waals surface area contributed by atoms with Gasteiger partial charge in [0.1, 0.15) is 23.5 Å². The standard InChI is InChI=1S/C32H64N5O9P/c1-29(2,3)43-26(38)22-35-15-13-34(21-25(33)28(40)41)14-16-36(23-27(39)44-30(4,5)6)18-20-37(19-17-35)24-47(42,45-31(7,8)9)46-32(10,11)12/h25H,13-24,33H2,1-12H3,(H,40,41). The van der Waals surface area contributed by atoms with E-state index < -0.39 is 42.0 Å². The molecule has 276 valence electrons. The summed E-state index contributed by atoms with van der Waals surface area (Å²) in [5.41, 5.74) is 3.13. The maximum absolute atomic E-state index is 14.3. The summed E-state index contributed by atoms with van der Waals surface area (Å²) >= 11 is 0. The molecule has 47 heavy (non-hydrogen) atoms. The van der Waals surface area contributed by atoms with Gasteiger partial charge in [-0.3, -0.25) is 38.5 Å². The summed E-state index contributed by atoms with van der Waals surface area (Å²) in [5, 5.41) is 9.50. The van der Waals surface area contributed by atoms with Crippen LogP contribution in [-0.2, 0) is 37.5 Å². The maximum Gasteiger partial charge on any atom is 0.345 e. The number of rotatable bonds is 11. The third-order valence-corrected chi connectivity index (χ3v) is 8.84. The average Bonchev–Trinajstić information content (AvgIpc) is 2.80. The van der Waals surface area contributed by atoms with Crippen LogP contribution in [0.2, 0.25) is 0 Å². The smallest absolute Gasteiger partial charge is 0.345 e. The summed E-state index contributed by atoms with van der Waals surface area (Å²) in [7, 11) is -3.67. The first kappa shape index (κ1) is 43.4. The Labute approximate surface area is 283 Å². The zero-order chi connectivity index (χ0) is 36.4. The zero-order valence-electron chi connectivity index (χ0n) is 31.1. The highest BCUT2D eigenvalue weighted by atomic mass is 31.2. The molecule has 0 aromatic carbocycles. The largest absolute Gasteiger partial charge is 0.480 e. The van der Waals surface area contributed by atoms with E-state index in [2.05, 4.69) is 0 Å². The Morgan fingerprint density at radius 2 is 0.936 bits per heavy atom. The number of esters is 2. The molecule has 0 aromatic rings. The molecule has 3 N–H and O–H groups in total. The summed E-state index contributed by atoms with van der Waals surface area (Å²) < 4.78 is 37.7. The van der Waals surface area contributed by atoms with Gasteiger partial charge in [0.05, 0.1) is 24.3 Å². The summed E-state index contributed by atoms with van der Waals surface area (Å²) in [6, 6.07) is -1.10. The first-order chi connectivity index (χ1) is 21.1. The van der Waals surface area contributed by atoms with Crippen LogP contribution in [0.4, 0.5) is 0 Å². The molecule has 14 nitrogen and oxygen atoms in total. The lowest BCUT2D eigenvalue weighted by atomic mass is 10.2. The molecule has 0 radical (unpaired) electrons. The van der Waals surface area contributed by atoms with E-state index in [0.717, 1.165) is 0 Å². The van der Waals surface area contributed by atoms with Crippen molar-refractivity contribution in [1.29, 1.82) is 0 Å². The maximum atomic E-state index is 14.3. The number of ether oxygens (including phenoxy) is 2. The molecule has 0 spiro atoms. The Bertz CT molecular complexity index is 997. The van der Waals surface area contributed by atoms with Crippen molar-refractivity contribution in [3.8, 4) is 0 Å². The van der Waals surface area contributed by atoms with Crippen LogP contribution in [0.15, 0.2) is 0 Å². The fraction of sp³-hybridized carbons (Fsp3) is 0.906. The van der Waals surface area contributed by atoms with E-state index in [1.807, 2.05) is 103 Å². The number of aliphatic carboxylic acids is 1. The minimum atomic E-state index is -3.67. The van der Waals surface area contributed by atoms with E-state index in [9.17, 15) is 24.1 Å². The Morgan fingerprint density at radius 1 is 0.617 bits per heavy atom. The summed E-state index contributed by atoms with van der Waals surface area (Å²) in [6.45, 7) is 25.3. The van der Waals surface area contributed by atoms with Crippen molar-refractivity contribution in [3.05, 3.63) is 0 Å². The second-order valence-corrected chi connectivity index (χ2v) is 18.1. The highest BCUT2D eigenvalue weighted by Gasteiger charge is 2.37. The SMILES string of the molecule is CC(C)(C)OC(=O)CN1CCN(CC(N)C(=O)O)CCN(CC(=O)OC(C)(C)C)CCN(CP(=O)(OC(C)(C)C)OC(C)(C)C)CC1. The van der Waals surface area contributed by atoms with E-state index in [0.29, 0.717) is 52.4 Å². The van der Waals surface area contributed by atoms with Crippen LogP contribution in [0.1, 0.15) is 83.1 Å². The molecule has 0 amide bonds. The molecule has 0 aliphatic carbocycles. The van der Waals surface area contributed by atoms with E-state index in [4.69, 9.17) is 24.3 Å². The van der Waals surface area contributed by atoms with Gasteiger partial charge in [0.2, 0.25) is 0 Å². The number of carbonyl (C=O) groups excluding carboxylic acids is 2. The van der Waals surface area contributed by atoms with Crippen molar-refractivity contribution in [3.63, 3.8) is 0 Å². The lowest BCUT2D eigenvalue weighted by Gasteiger charge is -2.37. The molecule has 1 aliphatic heterocycles. The summed E-state index contributed by atoms with van der Waals surface area (Å²) in [4.78, 5) is 45.2. The summed E-state index contributed by atoms with van der Waals surface area (Å²) in [5.74, 6) is -1.88. The van der Waals surface area contributed by atoms with Crippen molar-refractivity contribution in [2.45, 2.75) is 112 Å². The molecule has 1 unspecified atom stereocenters. The van der Waals surface area contributed by atoms with Gasteiger partial charge in [-0.25, -0.2) is 0 Å². The summed E-state index contributed by atoms with van der Waals surface area (Å²) in [6.07, 6.45) is 0.00167. The highest BCUT2D eigenvalue weighted by molar-refractivity contribution is 7.53. The molecule has 1 aliphatic rings. The topological polar surface area (TPSA) is 164 Å². The lowest BCUT2D eigenvalue weighted by Crippen LogP contribution is -2.51. The molecule has 1 fully saturated rings. The van der Waals surface area contributed by atoms with Crippen LogP contribution in [0, 0.1) is 0 Å². The van der Waals surface area contributed by atoms with Crippen molar-refractivity contribution >= 4 is 25.5 Å². The third-order valence-electron chi connectivity index (χ3n) is 6.45. The molecule has 0 aromatic heterocycles. The van der Waals surface area contributed by atoms with Gasteiger partial charge in [-0.05, 0) is 83.1 Å². The van der Waals surface area contributed by atoms with E-state index in [1.54, 1.807) is 0 Å². The Balaban J connectivity index is 3.44. The predicted octanol–water partition coefficient (Wildman–Crippen LogP) is 3.08. The minimum absolute atomic E-state index is 0.00167. The van der Waals surface area contributed by atoms with Gasteiger partial charge < -0.3 is 29.4 Å². The Kier molecular flexibility index (Phi) is 16.5. The van der Waals surface area contributed by atoms with E-state index in [1.165, 1.54) is 0 Å². The second kappa shape index (κ2) is 17.8. The van der Waals surface area contributed by atoms with Crippen LogP contribution in [-0.4, -0.2) is 149 Å². The van der Waals surface area contributed by atoms with E-state index >= 15 is 0 Å². The number of carboxylic acid groups (broad SMARTS) is 1. The van der Waals surface area contributed by atoms with Gasteiger partial charge in [0, 0.05) is 58.9 Å². The van der Waals surface area contributed by atoms with Crippen molar-refractivity contribution < 1.29 is 42.6 Å². The molecule has 0 saturated carbocycles. The first-order valence-corrected chi connectivity index (χ1v) is 18.2. The fourth-order valence-corrected chi connectivity index (χ4v) is 7.44. The fourth-order valence-electron chi connectivity index (χ4n) is 4.84. The van der Waals surface area contributed by atoms with Crippen LogP contribution in [0.3, 0.4) is 0 Å². The third kappa shape index (κ3) is 21.1. The quantitative estimate of drug-likeness (QED) is 0.240. The van der Waals surface area contributed by atoms with Crippen molar-refractivity contribution in [2.24, 2.45) is 5.73 Å². The molecule has 1 rings (SSSR count). The van der Waals surface area contributed by atoms with Crippen LogP contribution >= 0.6 is 7.60 Å². The highest BCUT2D eigenvalue weighted by Crippen LogP contribution is 2.54. The monoisotopic (exact) mass is 693 g/mol. The van der Waals surface area contributed by atoms with Gasteiger partial charge >= 0.3 is 25.5 Å². The number of carbonyl (C=O) groups is 3. The lowest BCUT2D eigenvalue weighted by molar-refractivity contribution is -0.157. The number of hydrogen-bond donors (Lipinski definition) is 2. The van der Waals surface area contributed by atoms with Gasteiger partial charge in [0.25, 0.3) is 0 Å². The van der Waals surface area contributed by atoms with Crippen LogP contribution in [0.5, 0.6) is 0 Å². The molecule has 15 heteroatoms. The van der Waals surface area contributed by atoms with Crippen LogP contribution in [0.25, 0.3) is 0 Å². The van der Waals surface area contributed by atoms with Gasteiger partial charge in [-0.15, -0.1) is 0 Å². The molecule has 1 atom stereocenters. The number of hydrogen-bond acceptors (Lipinski definition) is 13. The molecular formula is C32H64N5O9P. The number of nitrogens with zero attached hydrogens (tertiary/aromatic N) is 4. The zero-order valence-corrected chi connectivity index (χ0v) is 32.0. The second-order valence-electron chi connectivity index (χ2n) is 16.2. The van der Waals surface area contributed by atoms with Gasteiger partial charge in [-0.1, -0.05) is 0 Å². The average molecular weight is 694 g/mol. The molecule has 1 saturated heterocycles. The first-order valence-electron chi connectivity index (χ1n) is 16.5. The van der Waals surface area contributed by atoms with Crippen LogP contribution < -0.4 is 5.73 Å². The molecule has 1 heterocycles. The van der Waals surface area contributed by atoms with E-state index in [-0.39, 0.29) is 37.9 Å². The Morgan fingerprint density at radius 3 is 1.23 bits per heavy atom. The molecule has 0 bridgehead atoms.